The van der Waals surface area contributed by atoms with Crippen LogP contribution in [0.3, 0.4) is 0 Å². The molecule has 5 aromatic rings. The van der Waals surface area contributed by atoms with Crippen molar-refractivity contribution in [2.75, 3.05) is 0 Å². The molecule has 0 radical (unpaired) electrons. The van der Waals surface area contributed by atoms with Crippen molar-refractivity contribution in [3.63, 3.8) is 0 Å². The first-order valence-electron chi connectivity index (χ1n) is 15.3. The number of rotatable bonds is 9. The van der Waals surface area contributed by atoms with E-state index in [1.807, 2.05) is 0 Å². The first-order chi connectivity index (χ1) is 19.1. The van der Waals surface area contributed by atoms with E-state index in [0.29, 0.717) is 5.92 Å². The minimum atomic E-state index is 0.159. The lowest BCUT2D eigenvalue weighted by Gasteiger charge is -2.42. The van der Waals surface area contributed by atoms with Crippen LogP contribution in [0.5, 0.6) is 0 Å². The van der Waals surface area contributed by atoms with Crippen LogP contribution in [-0.4, -0.2) is 4.57 Å². The Kier molecular flexibility index (Phi) is 7.06. The average Bonchev–Trinajstić information content (AvgIpc) is 3.31. The predicted molar refractivity (Wildman–Crippen MR) is 166 cm³/mol. The fourth-order valence-electron chi connectivity index (χ4n) is 7.56. The van der Waals surface area contributed by atoms with Gasteiger partial charge in [0.2, 0.25) is 5.69 Å². The van der Waals surface area contributed by atoms with Crippen molar-refractivity contribution in [1.82, 2.24) is 4.57 Å². The molecule has 200 valence electrons. The summed E-state index contributed by atoms with van der Waals surface area (Å²) in [5.41, 5.74) is 9.76. The molecule has 1 aliphatic rings. The van der Waals surface area contributed by atoms with Crippen molar-refractivity contribution in [1.29, 1.82) is 0 Å². The molecule has 0 N–H and O–H groups in total. The molecule has 0 fully saturated rings. The highest BCUT2D eigenvalue weighted by atomic mass is 15.0. The highest BCUT2D eigenvalue weighted by Gasteiger charge is 2.47. The first-order valence-corrected chi connectivity index (χ1v) is 15.3. The lowest BCUT2D eigenvalue weighted by Crippen LogP contribution is -2.54. The number of pyridine rings is 1. The van der Waals surface area contributed by atoms with Gasteiger partial charge < -0.3 is 4.57 Å². The first kappa shape index (κ1) is 25.9. The molecule has 2 unspecified atom stereocenters. The monoisotopic (exact) mass is 515 g/mol. The Morgan fingerprint density at radius 1 is 0.821 bits per heavy atom. The number of fused-ring (bicyclic) bond motifs is 6. The number of aryl methyl sites for hydroxylation is 1. The van der Waals surface area contributed by atoms with Crippen LogP contribution < -0.4 is 4.57 Å². The number of nitrogens with zero attached hydrogens (tertiary/aromatic N) is 2. The summed E-state index contributed by atoms with van der Waals surface area (Å²) in [5.74, 6) is 0.673. The molecule has 0 aliphatic carbocycles. The van der Waals surface area contributed by atoms with Crippen LogP contribution in [-0.2, 0) is 18.4 Å². The summed E-state index contributed by atoms with van der Waals surface area (Å²) in [6.45, 7) is 10.5. The lowest BCUT2D eigenvalue weighted by atomic mass is 9.63. The van der Waals surface area contributed by atoms with Gasteiger partial charge in [-0.1, -0.05) is 83.4 Å². The number of para-hydroxylation sites is 1. The summed E-state index contributed by atoms with van der Waals surface area (Å²) >= 11 is 0. The Labute approximate surface area is 234 Å². The minimum absolute atomic E-state index is 0.159. The molecule has 2 aromatic heterocycles. The van der Waals surface area contributed by atoms with E-state index < -0.39 is 0 Å². The molecule has 0 bridgehead atoms. The Bertz CT molecular complexity index is 1620. The van der Waals surface area contributed by atoms with Crippen LogP contribution in [0.2, 0.25) is 0 Å². The Hall–Kier alpha value is -3.39. The lowest BCUT2D eigenvalue weighted by molar-refractivity contribution is -0.698. The van der Waals surface area contributed by atoms with Crippen LogP contribution in [0, 0.1) is 5.92 Å². The summed E-state index contributed by atoms with van der Waals surface area (Å²) in [5, 5.41) is 2.68. The van der Waals surface area contributed by atoms with Crippen LogP contribution in [0.15, 0.2) is 85.1 Å². The maximum Gasteiger partial charge on any atom is 0.212 e. The molecule has 0 amide bonds. The van der Waals surface area contributed by atoms with Gasteiger partial charge in [0, 0.05) is 28.6 Å². The molecular weight excluding hydrogens is 472 g/mol. The van der Waals surface area contributed by atoms with Crippen molar-refractivity contribution in [3.05, 3.63) is 96.2 Å². The summed E-state index contributed by atoms with van der Waals surface area (Å²) in [6, 6.07) is 30.2. The smallest absolute Gasteiger partial charge is 0.212 e. The largest absolute Gasteiger partial charge is 0.309 e. The fourth-order valence-corrected chi connectivity index (χ4v) is 7.56. The second kappa shape index (κ2) is 10.6. The molecule has 0 spiro atoms. The zero-order valence-corrected chi connectivity index (χ0v) is 24.2. The fraction of sp³-hybridized carbons (Fsp3) is 0.378. The van der Waals surface area contributed by atoms with Gasteiger partial charge in [-0.25, -0.2) is 0 Å². The predicted octanol–water partition coefficient (Wildman–Crippen LogP) is 9.57. The standard InChI is InChI=1S/C37H43N2/c1-5-9-15-27-19-21-31-30-16-10-11-18-35(30)39(36(31)24-27)29-20-22-33-32(25-29)34-17-12-13-23-38(34)26-37(33,8-4)28(7-3)14-6-2/h10-13,16-25,28H,5-9,14-15,26H2,1-4H3/q+1. The second-order valence-corrected chi connectivity index (χ2v) is 11.7. The molecule has 3 heterocycles. The average molecular weight is 516 g/mol. The summed E-state index contributed by atoms with van der Waals surface area (Å²) in [4.78, 5) is 0. The maximum absolute atomic E-state index is 2.53. The highest BCUT2D eigenvalue weighted by molar-refractivity contribution is 6.09. The third-order valence-corrected chi connectivity index (χ3v) is 9.57. The van der Waals surface area contributed by atoms with Gasteiger partial charge in [-0.05, 0) is 73.1 Å². The molecule has 3 aromatic carbocycles. The van der Waals surface area contributed by atoms with E-state index in [2.05, 4.69) is 122 Å². The Morgan fingerprint density at radius 3 is 2.44 bits per heavy atom. The minimum Gasteiger partial charge on any atom is -0.309 e. The van der Waals surface area contributed by atoms with Crippen molar-refractivity contribution in [2.24, 2.45) is 5.92 Å². The number of aromatic nitrogens is 2. The maximum atomic E-state index is 2.53. The zero-order valence-electron chi connectivity index (χ0n) is 24.2. The summed E-state index contributed by atoms with van der Waals surface area (Å²) in [7, 11) is 0. The van der Waals surface area contributed by atoms with Gasteiger partial charge in [0.1, 0.15) is 0 Å². The molecular formula is C37H43N2+. The van der Waals surface area contributed by atoms with Crippen LogP contribution >= 0.6 is 0 Å². The molecule has 0 saturated heterocycles. The summed E-state index contributed by atoms with van der Waals surface area (Å²) < 4.78 is 5.04. The number of benzene rings is 3. The van der Waals surface area contributed by atoms with Crippen molar-refractivity contribution < 1.29 is 4.57 Å². The number of hydrogen-bond acceptors (Lipinski definition) is 0. The zero-order chi connectivity index (χ0) is 27.0. The third kappa shape index (κ3) is 4.20. The van der Waals surface area contributed by atoms with Gasteiger partial charge in [-0.15, -0.1) is 0 Å². The normalized spacial score (nSPS) is 17.3. The SMILES string of the molecule is CCCCc1ccc2c3ccccc3n(-c3ccc4c(c3)-c3cccc[n+]3CC4(CC)C(CC)CCC)c2c1. The Morgan fingerprint density at radius 2 is 1.64 bits per heavy atom. The van der Waals surface area contributed by atoms with Crippen LogP contribution in [0.25, 0.3) is 38.8 Å². The van der Waals surface area contributed by atoms with Crippen molar-refractivity contribution >= 4 is 21.8 Å². The van der Waals surface area contributed by atoms with Gasteiger partial charge in [0.15, 0.2) is 12.7 Å². The molecule has 0 saturated carbocycles. The van der Waals surface area contributed by atoms with E-state index in [1.165, 1.54) is 76.4 Å². The molecule has 1 aliphatic heterocycles. The summed E-state index contributed by atoms with van der Waals surface area (Å²) in [6.07, 6.45) is 10.8. The van der Waals surface area contributed by atoms with E-state index in [1.54, 1.807) is 5.56 Å². The topological polar surface area (TPSA) is 8.81 Å². The quantitative estimate of drug-likeness (QED) is 0.173. The molecule has 39 heavy (non-hydrogen) atoms. The van der Waals surface area contributed by atoms with Crippen LogP contribution in [0.4, 0.5) is 0 Å². The highest BCUT2D eigenvalue weighted by Crippen LogP contribution is 2.47. The van der Waals surface area contributed by atoms with Crippen molar-refractivity contribution in [3.8, 4) is 16.9 Å². The van der Waals surface area contributed by atoms with Gasteiger partial charge in [0.05, 0.1) is 22.0 Å². The van der Waals surface area contributed by atoms with E-state index >= 15 is 0 Å². The van der Waals surface area contributed by atoms with Gasteiger partial charge in [-0.3, -0.25) is 0 Å². The number of unbranched alkanes of at least 4 members (excludes halogenated alkanes) is 1. The van der Waals surface area contributed by atoms with Crippen molar-refractivity contribution in [2.45, 2.75) is 84.6 Å². The van der Waals surface area contributed by atoms with E-state index in [-0.39, 0.29) is 5.41 Å². The second-order valence-electron chi connectivity index (χ2n) is 11.7. The molecule has 2 atom stereocenters. The number of hydrogen-bond donors (Lipinski definition) is 0. The van der Waals surface area contributed by atoms with E-state index in [0.717, 1.165) is 19.4 Å². The van der Waals surface area contributed by atoms with Crippen LogP contribution in [0.1, 0.15) is 77.3 Å². The van der Waals surface area contributed by atoms with Gasteiger partial charge in [-0.2, -0.15) is 4.57 Å². The van der Waals surface area contributed by atoms with Gasteiger partial charge >= 0.3 is 0 Å². The third-order valence-electron chi connectivity index (χ3n) is 9.57. The molecule has 2 nitrogen and oxygen atoms in total. The van der Waals surface area contributed by atoms with E-state index in [9.17, 15) is 0 Å². The van der Waals surface area contributed by atoms with Gasteiger partial charge in [0.25, 0.3) is 0 Å². The van der Waals surface area contributed by atoms with E-state index in [4.69, 9.17) is 0 Å². The molecule has 2 heteroatoms. The Balaban J connectivity index is 1.61. The molecule has 6 rings (SSSR count).